The van der Waals surface area contributed by atoms with E-state index >= 15 is 0 Å². The van der Waals surface area contributed by atoms with Crippen LogP contribution in [0.4, 0.5) is 0 Å². The summed E-state index contributed by atoms with van der Waals surface area (Å²) in [6, 6.07) is 11.0. The maximum Gasteiger partial charge on any atom is 0.152 e. The second-order valence-corrected chi connectivity index (χ2v) is 5.24. The number of rotatable bonds is 3. The lowest BCUT2D eigenvalue weighted by molar-refractivity contribution is -0.126. The summed E-state index contributed by atoms with van der Waals surface area (Å²) >= 11 is 0. The normalized spacial score (nSPS) is 25.4. The Morgan fingerprint density at radius 1 is 1.24 bits per heavy atom. The van der Waals surface area contributed by atoms with Gasteiger partial charge in [-0.2, -0.15) is 0 Å². The van der Waals surface area contributed by atoms with Crippen LogP contribution in [0.3, 0.4) is 0 Å². The Morgan fingerprint density at radius 2 is 1.88 bits per heavy atom. The van der Waals surface area contributed by atoms with Crippen molar-refractivity contribution in [1.29, 1.82) is 0 Å². The summed E-state index contributed by atoms with van der Waals surface area (Å²) in [6.45, 7) is 3.98. The molecule has 0 bridgehead atoms. The average Bonchev–Trinajstić information content (AvgIpc) is 2.71. The molecule has 1 fully saturated rings. The van der Waals surface area contributed by atoms with Crippen molar-refractivity contribution in [2.75, 3.05) is 7.05 Å². The second kappa shape index (κ2) is 5.01. The van der Waals surface area contributed by atoms with Crippen LogP contribution >= 0.6 is 0 Å². The molecule has 0 aromatic heterocycles. The molecule has 2 atom stereocenters. The van der Waals surface area contributed by atoms with Gasteiger partial charge in [-0.1, -0.05) is 44.2 Å². The molecule has 1 aliphatic heterocycles. The number of Topliss-reactive ketones (excluding diaryl/α,β-unsaturated/α-hetero) is 1. The number of likely N-dealkylation sites (tertiary alicyclic amines) is 1. The molecule has 17 heavy (non-hydrogen) atoms. The molecule has 1 aromatic rings. The van der Waals surface area contributed by atoms with E-state index in [0.29, 0.717) is 11.8 Å². The number of carbonyl (C=O) groups is 1. The Balaban J connectivity index is 2.13. The topological polar surface area (TPSA) is 20.3 Å². The Morgan fingerprint density at radius 3 is 2.47 bits per heavy atom. The zero-order valence-electron chi connectivity index (χ0n) is 10.9. The van der Waals surface area contributed by atoms with Crippen LogP contribution in [0.2, 0.25) is 0 Å². The number of carbonyl (C=O) groups excluding carboxylic acids is 1. The summed E-state index contributed by atoms with van der Waals surface area (Å²) in [5.41, 5.74) is 1.33. The molecule has 0 spiro atoms. The van der Waals surface area contributed by atoms with Crippen LogP contribution in [-0.4, -0.2) is 23.8 Å². The molecular weight excluding hydrogens is 210 g/mol. The average molecular weight is 231 g/mol. The van der Waals surface area contributed by atoms with Gasteiger partial charge in [-0.05, 0) is 25.5 Å². The Hall–Kier alpha value is -1.15. The molecule has 1 heterocycles. The third kappa shape index (κ3) is 2.42. The first-order chi connectivity index (χ1) is 8.11. The van der Waals surface area contributed by atoms with Crippen molar-refractivity contribution in [1.82, 2.24) is 4.90 Å². The van der Waals surface area contributed by atoms with E-state index in [0.717, 1.165) is 12.8 Å². The fourth-order valence-electron chi connectivity index (χ4n) is 2.74. The van der Waals surface area contributed by atoms with Gasteiger partial charge in [0, 0.05) is 12.0 Å². The van der Waals surface area contributed by atoms with Gasteiger partial charge >= 0.3 is 0 Å². The van der Waals surface area contributed by atoms with Gasteiger partial charge in [0.1, 0.15) is 0 Å². The SMILES string of the molecule is CC(C)C(=O)[C@@H]1CCC(c2ccccc2)N1C. The summed E-state index contributed by atoms with van der Waals surface area (Å²) < 4.78 is 0. The molecule has 0 amide bonds. The molecule has 0 saturated carbocycles. The van der Waals surface area contributed by atoms with Crippen LogP contribution in [0.25, 0.3) is 0 Å². The molecule has 92 valence electrons. The second-order valence-electron chi connectivity index (χ2n) is 5.24. The molecule has 1 aliphatic rings. The number of hydrogen-bond acceptors (Lipinski definition) is 2. The molecule has 2 rings (SSSR count). The predicted octanol–water partition coefficient (Wildman–Crippen LogP) is 3.05. The molecular formula is C15H21NO. The van der Waals surface area contributed by atoms with Crippen molar-refractivity contribution in [3.63, 3.8) is 0 Å². The fourth-order valence-corrected chi connectivity index (χ4v) is 2.74. The van der Waals surface area contributed by atoms with Crippen LogP contribution < -0.4 is 0 Å². The number of ketones is 1. The Kier molecular flexibility index (Phi) is 3.63. The smallest absolute Gasteiger partial charge is 0.152 e. The summed E-state index contributed by atoms with van der Waals surface area (Å²) in [7, 11) is 2.08. The number of hydrogen-bond donors (Lipinski definition) is 0. The molecule has 2 heteroatoms. The van der Waals surface area contributed by atoms with E-state index in [1.807, 2.05) is 19.9 Å². The Bertz CT molecular complexity index is 385. The minimum absolute atomic E-state index is 0.111. The van der Waals surface area contributed by atoms with Gasteiger partial charge in [0.05, 0.1) is 6.04 Å². The van der Waals surface area contributed by atoms with Crippen molar-refractivity contribution < 1.29 is 4.79 Å². The lowest BCUT2D eigenvalue weighted by Gasteiger charge is -2.26. The predicted molar refractivity (Wildman–Crippen MR) is 69.8 cm³/mol. The van der Waals surface area contributed by atoms with Gasteiger partial charge < -0.3 is 0 Å². The molecule has 1 unspecified atom stereocenters. The minimum atomic E-state index is 0.111. The van der Waals surface area contributed by atoms with E-state index in [1.54, 1.807) is 0 Å². The minimum Gasteiger partial charge on any atom is -0.298 e. The Labute approximate surface area is 104 Å². The van der Waals surface area contributed by atoms with E-state index in [-0.39, 0.29) is 12.0 Å². The van der Waals surface area contributed by atoms with Crippen molar-refractivity contribution >= 4 is 5.78 Å². The number of benzene rings is 1. The highest BCUT2D eigenvalue weighted by atomic mass is 16.1. The van der Waals surface area contributed by atoms with E-state index in [9.17, 15) is 4.79 Å². The monoisotopic (exact) mass is 231 g/mol. The lowest BCUT2D eigenvalue weighted by atomic mass is 10.0. The summed E-state index contributed by atoms with van der Waals surface area (Å²) in [6.07, 6.45) is 2.08. The molecule has 0 N–H and O–H groups in total. The standard InChI is InChI=1S/C15H21NO/c1-11(2)15(17)14-10-9-13(16(14)3)12-7-5-4-6-8-12/h4-8,11,13-14H,9-10H2,1-3H3/t13?,14-/m0/s1. The van der Waals surface area contributed by atoms with Gasteiger partial charge in [-0.3, -0.25) is 9.69 Å². The zero-order valence-corrected chi connectivity index (χ0v) is 10.9. The third-order valence-electron chi connectivity index (χ3n) is 3.78. The van der Waals surface area contributed by atoms with Crippen LogP contribution in [-0.2, 0) is 4.79 Å². The third-order valence-corrected chi connectivity index (χ3v) is 3.78. The van der Waals surface area contributed by atoms with Crippen molar-refractivity contribution in [2.45, 2.75) is 38.8 Å². The van der Waals surface area contributed by atoms with Gasteiger partial charge in [-0.25, -0.2) is 0 Å². The van der Waals surface area contributed by atoms with Crippen LogP contribution in [0.15, 0.2) is 30.3 Å². The van der Waals surface area contributed by atoms with Crippen molar-refractivity contribution in [3.05, 3.63) is 35.9 Å². The van der Waals surface area contributed by atoms with Crippen molar-refractivity contribution in [2.24, 2.45) is 5.92 Å². The molecule has 1 aromatic carbocycles. The van der Waals surface area contributed by atoms with Crippen molar-refractivity contribution in [3.8, 4) is 0 Å². The summed E-state index contributed by atoms with van der Waals surface area (Å²) in [4.78, 5) is 14.3. The first kappa shape index (κ1) is 12.3. The van der Waals surface area contributed by atoms with Crippen LogP contribution in [0.1, 0.15) is 38.3 Å². The van der Waals surface area contributed by atoms with Gasteiger partial charge in [-0.15, -0.1) is 0 Å². The fraction of sp³-hybridized carbons (Fsp3) is 0.533. The highest BCUT2D eigenvalue weighted by molar-refractivity contribution is 5.86. The number of nitrogens with zero attached hydrogens (tertiary/aromatic N) is 1. The van der Waals surface area contributed by atoms with E-state index < -0.39 is 0 Å². The van der Waals surface area contributed by atoms with Gasteiger partial charge in [0.15, 0.2) is 5.78 Å². The maximum atomic E-state index is 12.1. The highest BCUT2D eigenvalue weighted by Crippen LogP contribution is 2.35. The highest BCUT2D eigenvalue weighted by Gasteiger charge is 2.36. The van der Waals surface area contributed by atoms with E-state index in [1.165, 1.54) is 5.56 Å². The van der Waals surface area contributed by atoms with E-state index in [4.69, 9.17) is 0 Å². The summed E-state index contributed by atoms with van der Waals surface area (Å²) in [5, 5.41) is 0. The van der Waals surface area contributed by atoms with E-state index in [2.05, 4.69) is 36.2 Å². The van der Waals surface area contributed by atoms with Gasteiger partial charge in [0.25, 0.3) is 0 Å². The van der Waals surface area contributed by atoms with Crippen LogP contribution in [0.5, 0.6) is 0 Å². The molecule has 0 radical (unpaired) electrons. The maximum absolute atomic E-state index is 12.1. The van der Waals surface area contributed by atoms with Crippen LogP contribution in [0, 0.1) is 5.92 Å². The largest absolute Gasteiger partial charge is 0.298 e. The lowest BCUT2D eigenvalue weighted by Crippen LogP contribution is -2.36. The quantitative estimate of drug-likeness (QED) is 0.797. The summed E-state index contributed by atoms with van der Waals surface area (Å²) in [5.74, 6) is 0.517. The molecule has 0 aliphatic carbocycles. The van der Waals surface area contributed by atoms with Gasteiger partial charge in [0.2, 0.25) is 0 Å². The number of likely N-dealkylation sites (N-methyl/N-ethyl adjacent to an activating group) is 1. The molecule has 2 nitrogen and oxygen atoms in total. The first-order valence-corrected chi connectivity index (χ1v) is 6.42. The molecule has 1 saturated heterocycles. The zero-order chi connectivity index (χ0) is 12.4. The first-order valence-electron chi connectivity index (χ1n) is 6.42.